The minimum Gasteiger partial charge on any atom is -0.352 e. The van der Waals surface area contributed by atoms with E-state index in [1.165, 1.54) is 32.1 Å². The third kappa shape index (κ3) is 8.68. The fourth-order valence-electron chi connectivity index (χ4n) is 5.59. The van der Waals surface area contributed by atoms with Crippen molar-refractivity contribution in [2.75, 3.05) is 13.2 Å². The fraction of sp³-hybridized carbons (Fsp3) is 0.500. The van der Waals surface area contributed by atoms with Gasteiger partial charge in [-0.25, -0.2) is 13.2 Å². The topological polar surface area (TPSA) is 18.5 Å². The third-order valence-electron chi connectivity index (χ3n) is 8.19. The Morgan fingerprint density at radius 3 is 1.85 bits per heavy atom. The van der Waals surface area contributed by atoms with Gasteiger partial charge in [0.2, 0.25) is 0 Å². The summed E-state index contributed by atoms with van der Waals surface area (Å²) in [4.78, 5) is 0. The minimum absolute atomic E-state index is 0.00514. The Balaban J connectivity index is 1.34. The molecule has 0 bridgehead atoms. The van der Waals surface area contributed by atoms with Gasteiger partial charge in [0, 0.05) is 17.0 Å². The van der Waals surface area contributed by atoms with Gasteiger partial charge in [0.05, 0.1) is 13.2 Å². The summed E-state index contributed by atoms with van der Waals surface area (Å²) in [6.45, 7) is 5.40. The Kier molecular flexibility index (Phi) is 12.3. The van der Waals surface area contributed by atoms with Gasteiger partial charge in [0.25, 0.3) is 0 Å². The van der Waals surface area contributed by atoms with Crippen LogP contribution < -0.4 is 0 Å². The maximum absolute atomic E-state index is 15.2. The lowest BCUT2D eigenvalue weighted by molar-refractivity contribution is -0.190. The molecule has 2 nitrogen and oxygen atoms in total. The number of rotatable bonds is 15. The summed E-state index contributed by atoms with van der Waals surface area (Å²) < 4.78 is 56.8. The van der Waals surface area contributed by atoms with Gasteiger partial charge < -0.3 is 9.47 Å². The van der Waals surface area contributed by atoms with Crippen LogP contribution in [-0.2, 0) is 15.9 Å². The zero-order valence-electron chi connectivity index (χ0n) is 24.7. The van der Waals surface area contributed by atoms with Crippen molar-refractivity contribution in [3.05, 3.63) is 83.2 Å². The average Bonchev–Trinajstić information content (AvgIpc) is 2.99. The zero-order chi connectivity index (χ0) is 29.0. The van der Waals surface area contributed by atoms with Crippen LogP contribution in [-0.4, -0.2) is 19.5 Å². The SMILES string of the molecule is CCCCCCCc1ccc(-c2ccc(-c3ccc(C4COC(CCCCCCC)OC4)cc3F)cc2)c(F)c1F. The van der Waals surface area contributed by atoms with E-state index in [1.807, 2.05) is 6.07 Å². The van der Waals surface area contributed by atoms with Crippen LogP contribution in [0.5, 0.6) is 0 Å². The second kappa shape index (κ2) is 16.1. The summed E-state index contributed by atoms with van der Waals surface area (Å²) in [7, 11) is 0. The Morgan fingerprint density at radius 2 is 1.22 bits per heavy atom. The molecule has 3 aromatic rings. The third-order valence-corrected chi connectivity index (χ3v) is 8.19. The smallest absolute Gasteiger partial charge is 0.166 e. The molecule has 1 saturated heterocycles. The molecule has 1 aliphatic rings. The minimum atomic E-state index is -0.824. The lowest BCUT2D eigenvalue weighted by Gasteiger charge is -2.30. The van der Waals surface area contributed by atoms with Crippen molar-refractivity contribution in [1.29, 1.82) is 0 Å². The molecule has 41 heavy (non-hydrogen) atoms. The van der Waals surface area contributed by atoms with Crippen molar-refractivity contribution in [1.82, 2.24) is 0 Å². The Bertz CT molecular complexity index is 1220. The number of benzene rings is 3. The number of hydrogen-bond donors (Lipinski definition) is 0. The molecule has 4 rings (SSSR count). The average molecular weight is 567 g/mol. The van der Waals surface area contributed by atoms with Gasteiger partial charge in [0.15, 0.2) is 17.9 Å². The normalized spacial score (nSPS) is 17.2. The molecule has 0 amide bonds. The van der Waals surface area contributed by atoms with Crippen LogP contribution in [0.1, 0.15) is 102 Å². The van der Waals surface area contributed by atoms with Crippen LogP contribution in [0.3, 0.4) is 0 Å². The van der Waals surface area contributed by atoms with Gasteiger partial charge in [-0.15, -0.1) is 0 Å². The maximum Gasteiger partial charge on any atom is 0.166 e. The molecule has 0 atom stereocenters. The second-order valence-corrected chi connectivity index (χ2v) is 11.4. The summed E-state index contributed by atoms with van der Waals surface area (Å²) in [5, 5.41) is 0. The van der Waals surface area contributed by atoms with E-state index >= 15 is 4.39 Å². The largest absolute Gasteiger partial charge is 0.352 e. The summed E-state index contributed by atoms with van der Waals surface area (Å²) in [5.41, 5.74) is 3.21. The predicted octanol–water partition coefficient (Wildman–Crippen LogP) is 10.8. The van der Waals surface area contributed by atoms with Crippen LogP contribution in [0, 0.1) is 17.5 Å². The molecule has 0 radical (unpaired) electrons. The standard InChI is InChI=1S/C36H45F3O2/c1-3-5-7-9-11-13-28-19-22-32(36(39)35(28)38)27-17-15-26(16-18-27)31-21-20-29(23-33(31)37)30-24-40-34(41-25-30)14-12-10-8-6-4-2/h15-23,30,34H,3-14,24-25H2,1-2H3. The summed E-state index contributed by atoms with van der Waals surface area (Å²) >= 11 is 0. The van der Waals surface area contributed by atoms with Crippen molar-refractivity contribution in [2.24, 2.45) is 0 Å². The molecule has 1 fully saturated rings. The number of hydrogen-bond acceptors (Lipinski definition) is 2. The summed E-state index contributed by atoms with van der Waals surface area (Å²) in [5.74, 6) is -1.92. The number of ether oxygens (including phenoxy) is 2. The lowest BCUT2D eigenvalue weighted by Crippen LogP contribution is -2.30. The molecule has 0 saturated carbocycles. The fourth-order valence-corrected chi connectivity index (χ4v) is 5.59. The highest BCUT2D eigenvalue weighted by molar-refractivity contribution is 5.71. The predicted molar refractivity (Wildman–Crippen MR) is 161 cm³/mol. The van der Waals surface area contributed by atoms with Gasteiger partial charge in [-0.2, -0.15) is 0 Å². The van der Waals surface area contributed by atoms with Gasteiger partial charge in [-0.3, -0.25) is 0 Å². The Morgan fingerprint density at radius 1 is 0.634 bits per heavy atom. The monoisotopic (exact) mass is 566 g/mol. The first kappa shape index (κ1) is 31.3. The molecule has 222 valence electrons. The molecule has 0 N–H and O–H groups in total. The molecule has 0 aliphatic carbocycles. The van der Waals surface area contributed by atoms with Crippen LogP contribution >= 0.6 is 0 Å². The van der Waals surface area contributed by atoms with Crippen molar-refractivity contribution < 1.29 is 22.6 Å². The number of unbranched alkanes of at least 4 members (excludes halogenated alkanes) is 8. The zero-order valence-corrected chi connectivity index (χ0v) is 24.7. The highest BCUT2D eigenvalue weighted by atomic mass is 19.2. The van der Waals surface area contributed by atoms with Crippen LogP contribution in [0.25, 0.3) is 22.3 Å². The van der Waals surface area contributed by atoms with Gasteiger partial charge in [0.1, 0.15) is 5.82 Å². The summed E-state index contributed by atoms with van der Waals surface area (Å²) in [6, 6.07) is 15.5. The molecule has 0 unspecified atom stereocenters. The van der Waals surface area contributed by atoms with Crippen molar-refractivity contribution in [2.45, 2.75) is 103 Å². The second-order valence-electron chi connectivity index (χ2n) is 11.4. The molecular weight excluding hydrogens is 521 g/mol. The van der Waals surface area contributed by atoms with Gasteiger partial charge in [-0.1, -0.05) is 114 Å². The first-order chi connectivity index (χ1) is 20.0. The van der Waals surface area contributed by atoms with Crippen LogP contribution in [0.4, 0.5) is 13.2 Å². The molecule has 3 aromatic carbocycles. The van der Waals surface area contributed by atoms with E-state index in [4.69, 9.17) is 9.47 Å². The maximum atomic E-state index is 15.2. The first-order valence-electron chi connectivity index (χ1n) is 15.6. The molecule has 1 aliphatic heterocycles. The first-order valence-corrected chi connectivity index (χ1v) is 15.6. The van der Waals surface area contributed by atoms with Gasteiger partial charge in [-0.05, 0) is 54.0 Å². The van der Waals surface area contributed by atoms with Gasteiger partial charge >= 0.3 is 0 Å². The molecular formula is C36H45F3O2. The van der Waals surface area contributed by atoms with E-state index in [0.717, 1.165) is 44.1 Å². The number of aryl methyl sites for hydroxylation is 1. The highest BCUT2D eigenvalue weighted by Crippen LogP contribution is 2.32. The van der Waals surface area contributed by atoms with Crippen molar-refractivity contribution in [3.63, 3.8) is 0 Å². The number of halogens is 3. The molecule has 0 spiro atoms. The van der Waals surface area contributed by atoms with Crippen molar-refractivity contribution in [3.8, 4) is 22.3 Å². The van der Waals surface area contributed by atoms with E-state index in [2.05, 4.69) is 13.8 Å². The van der Waals surface area contributed by atoms with E-state index in [-0.39, 0.29) is 23.6 Å². The molecule has 5 heteroatoms. The Labute approximate surface area is 244 Å². The lowest BCUT2D eigenvalue weighted by atomic mass is 9.94. The van der Waals surface area contributed by atoms with E-state index in [0.29, 0.717) is 41.9 Å². The quantitative estimate of drug-likeness (QED) is 0.170. The molecule has 1 heterocycles. The van der Waals surface area contributed by atoms with E-state index in [9.17, 15) is 8.78 Å². The van der Waals surface area contributed by atoms with Crippen molar-refractivity contribution >= 4 is 0 Å². The Hall–Kier alpha value is -2.63. The van der Waals surface area contributed by atoms with E-state index in [1.54, 1.807) is 48.5 Å². The molecule has 0 aromatic heterocycles. The van der Waals surface area contributed by atoms with Crippen LogP contribution in [0.15, 0.2) is 54.6 Å². The summed E-state index contributed by atoms with van der Waals surface area (Å²) in [6.07, 6.45) is 12.7. The van der Waals surface area contributed by atoms with E-state index < -0.39 is 11.6 Å². The van der Waals surface area contributed by atoms with Crippen LogP contribution in [0.2, 0.25) is 0 Å². The highest BCUT2D eigenvalue weighted by Gasteiger charge is 2.24.